The number of aliphatic hydroxyl groups is 1. The Morgan fingerprint density at radius 3 is 2.80 bits per heavy atom. The smallest absolute Gasteiger partial charge is 0.185 e. The van der Waals surface area contributed by atoms with Crippen molar-refractivity contribution in [2.45, 2.75) is 20.0 Å². The van der Waals surface area contributed by atoms with Gasteiger partial charge in [-0.2, -0.15) is 0 Å². The maximum atomic E-state index is 9.06. The highest BCUT2D eigenvalue weighted by molar-refractivity contribution is 7.15. The minimum absolute atomic E-state index is 0.0788. The molecule has 86 valence electrons. The molecule has 0 aliphatic carbocycles. The van der Waals surface area contributed by atoms with Gasteiger partial charge in [0.05, 0.1) is 17.2 Å². The molecule has 5 heteroatoms. The zero-order valence-corrected chi connectivity index (χ0v) is 10.3. The highest BCUT2D eigenvalue weighted by Gasteiger charge is 2.09. The Hall–Kier alpha value is -0.650. The molecule has 0 unspecified atom stereocenters. The van der Waals surface area contributed by atoms with Crippen LogP contribution in [0.1, 0.15) is 17.0 Å². The number of methoxy groups -OCH3 is 1. The number of nitrogens with zero attached hydrogens (tertiary/aromatic N) is 2. The number of aliphatic hydroxyl groups excluding tert-OH is 1. The van der Waals surface area contributed by atoms with E-state index in [9.17, 15) is 0 Å². The first kappa shape index (κ1) is 12.4. The van der Waals surface area contributed by atoms with Crippen molar-refractivity contribution in [3.8, 4) is 0 Å². The van der Waals surface area contributed by atoms with E-state index in [1.165, 1.54) is 0 Å². The molecule has 0 aliphatic rings. The van der Waals surface area contributed by atoms with Gasteiger partial charge in [0, 0.05) is 27.3 Å². The molecule has 0 atom stereocenters. The van der Waals surface area contributed by atoms with Crippen molar-refractivity contribution < 1.29 is 9.84 Å². The van der Waals surface area contributed by atoms with Crippen molar-refractivity contribution in [2.24, 2.45) is 0 Å². The van der Waals surface area contributed by atoms with Gasteiger partial charge in [0.25, 0.3) is 0 Å². The number of hydrogen-bond acceptors (Lipinski definition) is 5. The standard InChI is InChI=1S/C10H18N2O2S/c1-8-9(7-13)15-10(11-8)12(2)5-4-6-14-3/h13H,4-7H2,1-3H3. The molecule has 0 bridgehead atoms. The fourth-order valence-corrected chi connectivity index (χ4v) is 2.17. The number of aryl methyl sites for hydroxylation is 1. The summed E-state index contributed by atoms with van der Waals surface area (Å²) in [6.07, 6.45) is 0.986. The molecule has 4 nitrogen and oxygen atoms in total. The summed E-state index contributed by atoms with van der Waals surface area (Å²) in [5, 5.41) is 10.0. The van der Waals surface area contributed by atoms with Crippen molar-refractivity contribution in [3.05, 3.63) is 10.6 Å². The van der Waals surface area contributed by atoms with Gasteiger partial charge in [0.15, 0.2) is 5.13 Å². The summed E-state index contributed by atoms with van der Waals surface area (Å²) in [6.45, 7) is 3.69. The molecule has 0 fully saturated rings. The molecule has 1 N–H and O–H groups in total. The molecule has 0 aromatic carbocycles. The summed E-state index contributed by atoms with van der Waals surface area (Å²) < 4.78 is 4.99. The maximum Gasteiger partial charge on any atom is 0.185 e. The SMILES string of the molecule is COCCCN(C)c1nc(C)c(CO)s1. The number of rotatable bonds is 6. The van der Waals surface area contributed by atoms with Gasteiger partial charge < -0.3 is 14.7 Å². The number of thiazole rings is 1. The Morgan fingerprint density at radius 1 is 1.53 bits per heavy atom. The van der Waals surface area contributed by atoms with Crippen LogP contribution in [0.4, 0.5) is 5.13 Å². The second kappa shape index (κ2) is 6.05. The highest BCUT2D eigenvalue weighted by atomic mass is 32.1. The van der Waals surface area contributed by atoms with Crippen molar-refractivity contribution in [2.75, 3.05) is 32.2 Å². The summed E-state index contributed by atoms with van der Waals surface area (Å²) in [5.41, 5.74) is 0.927. The van der Waals surface area contributed by atoms with Crippen LogP contribution in [0, 0.1) is 6.92 Å². The molecule has 0 saturated carbocycles. The lowest BCUT2D eigenvalue weighted by molar-refractivity contribution is 0.196. The van der Waals surface area contributed by atoms with Crippen LogP contribution < -0.4 is 4.90 Å². The second-order valence-corrected chi connectivity index (χ2v) is 4.49. The first-order chi connectivity index (χ1) is 7.19. The Morgan fingerprint density at radius 2 is 2.27 bits per heavy atom. The van der Waals surface area contributed by atoms with Gasteiger partial charge in [-0.1, -0.05) is 11.3 Å². The van der Waals surface area contributed by atoms with Gasteiger partial charge in [-0.3, -0.25) is 0 Å². The summed E-state index contributed by atoms with van der Waals surface area (Å²) in [6, 6.07) is 0. The fourth-order valence-electron chi connectivity index (χ4n) is 1.26. The van der Waals surface area contributed by atoms with Crippen molar-refractivity contribution >= 4 is 16.5 Å². The van der Waals surface area contributed by atoms with Crippen LogP contribution in [0.2, 0.25) is 0 Å². The van der Waals surface area contributed by atoms with E-state index in [1.54, 1.807) is 18.4 Å². The van der Waals surface area contributed by atoms with E-state index < -0.39 is 0 Å². The van der Waals surface area contributed by atoms with E-state index in [4.69, 9.17) is 9.84 Å². The third-order valence-corrected chi connectivity index (χ3v) is 3.45. The minimum atomic E-state index is 0.0788. The Bertz CT molecular complexity index is 302. The number of hydrogen-bond donors (Lipinski definition) is 1. The number of aromatic nitrogens is 1. The fraction of sp³-hybridized carbons (Fsp3) is 0.700. The van der Waals surface area contributed by atoms with E-state index >= 15 is 0 Å². The van der Waals surface area contributed by atoms with E-state index in [0.717, 1.165) is 35.3 Å². The lowest BCUT2D eigenvalue weighted by atomic mass is 10.4. The molecule has 1 aromatic rings. The van der Waals surface area contributed by atoms with Crippen LogP contribution >= 0.6 is 11.3 Å². The first-order valence-corrected chi connectivity index (χ1v) is 5.78. The summed E-state index contributed by atoms with van der Waals surface area (Å²) >= 11 is 1.55. The van der Waals surface area contributed by atoms with E-state index in [0.29, 0.717) is 0 Å². The number of anilines is 1. The lowest BCUT2D eigenvalue weighted by Gasteiger charge is -2.14. The normalized spacial score (nSPS) is 10.7. The second-order valence-electron chi connectivity index (χ2n) is 3.43. The summed E-state index contributed by atoms with van der Waals surface area (Å²) in [7, 11) is 3.71. The average molecular weight is 230 g/mol. The Labute approximate surface area is 94.5 Å². The van der Waals surface area contributed by atoms with Crippen LogP contribution in [-0.2, 0) is 11.3 Å². The summed E-state index contributed by atoms with van der Waals surface area (Å²) in [5.74, 6) is 0. The predicted molar refractivity (Wildman–Crippen MR) is 62.5 cm³/mol. The molecule has 1 aromatic heterocycles. The van der Waals surface area contributed by atoms with Gasteiger partial charge in [0.2, 0.25) is 0 Å². The molecule has 0 saturated heterocycles. The van der Waals surface area contributed by atoms with Gasteiger partial charge in [-0.15, -0.1) is 0 Å². The van der Waals surface area contributed by atoms with Crippen molar-refractivity contribution in [3.63, 3.8) is 0 Å². The van der Waals surface area contributed by atoms with E-state index in [-0.39, 0.29) is 6.61 Å². The van der Waals surface area contributed by atoms with Gasteiger partial charge in [-0.05, 0) is 13.3 Å². The first-order valence-electron chi connectivity index (χ1n) is 4.96. The number of ether oxygens (including phenoxy) is 1. The van der Waals surface area contributed by atoms with Crippen LogP contribution in [-0.4, -0.2) is 37.4 Å². The Kier molecular flexibility index (Phi) is 5.01. The average Bonchev–Trinajstić information content (AvgIpc) is 2.60. The van der Waals surface area contributed by atoms with Gasteiger partial charge >= 0.3 is 0 Å². The zero-order chi connectivity index (χ0) is 11.3. The van der Waals surface area contributed by atoms with Crippen molar-refractivity contribution in [1.82, 2.24) is 4.98 Å². The molecule has 1 rings (SSSR count). The van der Waals surface area contributed by atoms with Gasteiger partial charge in [-0.25, -0.2) is 4.98 Å². The Balaban J connectivity index is 2.53. The quantitative estimate of drug-likeness (QED) is 0.751. The topological polar surface area (TPSA) is 45.6 Å². The molecule has 0 spiro atoms. The third kappa shape index (κ3) is 3.44. The zero-order valence-electron chi connectivity index (χ0n) is 9.49. The van der Waals surface area contributed by atoms with Crippen LogP contribution in [0.5, 0.6) is 0 Å². The molecule has 0 radical (unpaired) electrons. The van der Waals surface area contributed by atoms with Crippen molar-refractivity contribution in [1.29, 1.82) is 0 Å². The highest BCUT2D eigenvalue weighted by Crippen LogP contribution is 2.25. The summed E-state index contributed by atoms with van der Waals surface area (Å²) in [4.78, 5) is 7.44. The largest absolute Gasteiger partial charge is 0.391 e. The van der Waals surface area contributed by atoms with E-state index in [2.05, 4.69) is 9.88 Å². The molecular weight excluding hydrogens is 212 g/mol. The van der Waals surface area contributed by atoms with Crippen LogP contribution in [0.25, 0.3) is 0 Å². The molecule has 1 heterocycles. The maximum absolute atomic E-state index is 9.06. The third-order valence-electron chi connectivity index (χ3n) is 2.19. The van der Waals surface area contributed by atoms with Crippen LogP contribution in [0.15, 0.2) is 0 Å². The van der Waals surface area contributed by atoms with E-state index in [1.807, 2.05) is 14.0 Å². The molecule has 0 amide bonds. The predicted octanol–water partition coefficient (Wildman–Crippen LogP) is 1.42. The molecule has 0 aliphatic heterocycles. The molecule has 15 heavy (non-hydrogen) atoms. The lowest BCUT2D eigenvalue weighted by Crippen LogP contribution is -2.19. The van der Waals surface area contributed by atoms with Gasteiger partial charge in [0.1, 0.15) is 0 Å². The van der Waals surface area contributed by atoms with Crippen LogP contribution in [0.3, 0.4) is 0 Å². The molecular formula is C10H18N2O2S. The monoisotopic (exact) mass is 230 g/mol. The minimum Gasteiger partial charge on any atom is -0.391 e.